The Morgan fingerprint density at radius 3 is 2.85 bits per heavy atom. The van der Waals surface area contributed by atoms with Gasteiger partial charge in [-0.3, -0.25) is 0 Å². The predicted molar refractivity (Wildman–Crippen MR) is 81.4 cm³/mol. The van der Waals surface area contributed by atoms with Gasteiger partial charge in [0.15, 0.2) is 0 Å². The monoisotopic (exact) mass is 314 g/mol. The Balaban J connectivity index is 2.20. The lowest BCUT2D eigenvalue weighted by molar-refractivity contribution is 0.217. The number of amides is 2. The molecule has 5 nitrogen and oxygen atoms in total. The van der Waals surface area contributed by atoms with Gasteiger partial charge in [-0.25, -0.2) is 9.78 Å². The van der Waals surface area contributed by atoms with E-state index in [0.29, 0.717) is 24.0 Å². The van der Waals surface area contributed by atoms with Crippen LogP contribution in [-0.4, -0.2) is 41.1 Å². The van der Waals surface area contributed by atoms with Crippen molar-refractivity contribution in [1.29, 1.82) is 0 Å². The maximum atomic E-state index is 11.5. The molecule has 0 atom stereocenters. The number of para-hydroxylation sites is 1. The first kappa shape index (κ1) is 14.9. The predicted octanol–water partition coefficient (Wildman–Crippen LogP) is 2.70. The van der Waals surface area contributed by atoms with Crippen molar-refractivity contribution in [2.75, 3.05) is 20.6 Å². The van der Waals surface area contributed by atoms with Crippen LogP contribution in [0.1, 0.15) is 5.82 Å². The fraction of sp³-hybridized carbons (Fsp3) is 0.385. The first-order valence-corrected chi connectivity index (χ1v) is 7.10. The number of halogens is 2. The molecule has 1 N–H and O–H groups in total. The number of carbonyl (C=O) groups excluding carboxylic acids is 1. The minimum Gasteiger partial charge on any atom is -0.336 e. The summed E-state index contributed by atoms with van der Waals surface area (Å²) in [5.41, 5.74) is 1.66. The number of alkyl halides is 1. The lowest BCUT2D eigenvalue weighted by Crippen LogP contribution is -2.36. The van der Waals surface area contributed by atoms with Crippen LogP contribution in [0.4, 0.5) is 4.79 Å². The number of nitrogens with one attached hydrogen (secondary N) is 1. The van der Waals surface area contributed by atoms with Crippen LogP contribution in [0.2, 0.25) is 5.02 Å². The summed E-state index contributed by atoms with van der Waals surface area (Å²) in [6.07, 6.45) is 0. The molecule has 0 bridgehead atoms. The van der Waals surface area contributed by atoms with E-state index in [1.165, 1.54) is 4.90 Å². The lowest BCUT2D eigenvalue weighted by Gasteiger charge is -2.13. The average molecular weight is 315 g/mol. The average Bonchev–Trinajstić information content (AvgIpc) is 2.78. The summed E-state index contributed by atoms with van der Waals surface area (Å²) in [4.78, 5) is 17.4. The molecule has 0 aliphatic rings. The Labute approximate surface area is 127 Å². The van der Waals surface area contributed by atoms with Crippen LogP contribution in [-0.2, 0) is 12.4 Å². The smallest absolute Gasteiger partial charge is 0.316 e. The van der Waals surface area contributed by atoms with E-state index in [4.69, 9.17) is 23.2 Å². The van der Waals surface area contributed by atoms with Crippen molar-refractivity contribution in [3.63, 3.8) is 0 Å². The molecule has 20 heavy (non-hydrogen) atoms. The number of aromatic nitrogens is 2. The van der Waals surface area contributed by atoms with Crippen molar-refractivity contribution in [2.24, 2.45) is 0 Å². The Morgan fingerprint density at radius 2 is 2.20 bits per heavy atom. The quantitative estimate of drug-likeness (QED) is 0.882. The number of carbonyl (C=O) groups is 1. The molecule has 1 aromatic carbocycles. The van der Waals surface area contributed by atoms with Crippen LogP contribution in [0.25, 0.3) is 11.0 Å². The van der Waals surface area contributed by atoms with E-state index in [0.717, 1.165) is 16.9 Å². The van der Waals surface area contributed by atoms with Crippen LogP contribution in [0.5, 0.6) is 0 Å². The van der Waals surface area contributed by atoms with E-state index < -0.39 is 0 Å². The van der Waals surface area contributed by atoms with E-state index in [-0.39, 0.29) is 6.03 Å². The van der Waals surface area contributed by atoms with Crippen LogP contribution >= 0.6 is 23.2 Å². The summed E-state index contributed by atoms with van der Waals surface area (Å²) in [5, 5.41) is 3.42. The van der Waals surface area contributed by atoms with E-state index >= 15 is 0 Å². The summed E-state index contributed by atoms with van der Waals surface area (Å²) in [7, 11) is 3.40. The molecule has 108 valence electrons. The molecule has 0 aliphatic heterocycles. The van der Waals surface area contributed by atoms with Crippen LogP contribution < -0.4 is 5.32 Å². The molecule has 2 aromatic rings. The Morgan fingerprint density at radius 1 is 1.45 bits per heavy atom. The van der Waals surface area contributed by atoms with Crippen molar-refractivity contribution < 1.29 is 4.79 Å². The van der Waals surface area contributed by atoms with Gasteiger partial charge in [0.2, 0.25) is 0 Å². The third kappa shape index (κ3) is 2.99. The number of urea groups is 1. The number of rotatable bonds is 4. The molecule has 0 spiro atoms. The van der Waals surface area contributed by atoms with E-state index in [1.54, 1.807) is 20.2 Å². The first-order chi connectivity index (χ1) is 9.54. The number of benzene rings is 1. The van der Waals surface area contributed by atoms with E-state index in [2.05, 4.69) is 10.3 Å². The Bertz CT molecular complexity index is 624. The highest BCUT2D eigenvalue weighted by Crippen LogP contribution is 2.24. The fourth-order valence-corrected chi connectivity index (χ4v) is 2.36. The van der Waals surface area contributed by atoms with Gasteiger partial charge in [-0.05, 0) is 12.1 Å². The van der Waals surface area contributed by atoms with Crippen molar-refractivity contribution in [1.82, 2.24) is 19.8 Å². The summed E-state index contributed by atoms with van der Waals surface area (Å²) >= 11 is 12.1. The minimum atomic E-state index is -0.125. The SMILES string of the molecule is CN(C)C(=O)NCCn1c(CCl)nc2c(Cl)cccc21. The summed E-state index contributed by atoms with van der Waals surface area (Å²) < 4.78 is 1.98. The van der Waals surface area contributed by atoms with Crippen LogP contribution in [0, 0.1) is 0 Å². The largest absolute Gasteiger partial charge is 0.336 e. The molecule has 0 fully saturated rings. The van der Waals surface area contributed by atoms with Gasteiger partial charge in [-0.1, -0.05) is 17.7 Å². The third-order valence-corrected chi connectivity index (χ3v) is 3.49. The standard InChI is InChI=1S/C13H16Cl2N4O/c1-18(2)13(20)16-6-7-19-10-5-3-4-9(15)12(10)17-11(19)8-14/h3-5H,6-8H2,1-2H3,(H,16,20). The zero-order valence-corrected chi connectivity index (χ0v) is 12.9. The molecule has 0 radical (unpaired) electrons. The molecule has 2 amide bonds. The molecule has 0 saturated heterocycles. The van der Waals surface area contributed by atoms with Gasteiger partial charge in [0.05, 0.1) is 16.4 Å². The number of fused-ring (bicyclic) bond motifs is 1. The summed E-state index contributed by atoms with van der Waals surface area (Å²) in [6, 6.07) is 5.49. The van der Waals surface area contributed by atoms with Gasteiger partial charge in [-0.15, -0.1) is 11.6 Å². The molecule has 0 unspecified atom stereocenters. The van der Waals surface area contributed by atoms with Crippen molar-refractivity contribution in [3.05, 3.63) is 29.0 Å². The van der Waals surface area contributed by atoms with Gasteiger partial charge in [0, 0.05) is 27.2 Å². The number of hydrogen-bond acceptors (Lipinski definition) is 2. The Hall–Kier alpha value is -1.46. The number of imidazole rings is 1. The van der Waals surface area contributed by atoms with E-state index in [9.17, 15) is 4.79 Å². The first-order valence-electron chi connectivity index (χ1n) is 6.19. The second-order valence-corrected chi connectivity index (χ2v) is 5.22. The second-order valence-electron chi connectivity index (χ2n) is 4.55. The van der Waals surface area contributed by atoms with Crippen molar-refractivity contribution in [2.45, 2.75) is 12.4 Å². The van der Waals surface area contributed by atoms with Gasteiger partial charge in [0.1, 0.15) is 11.3 Å². The van der Waals surface area contributed by atoms with Gasteiger partial charge in [-0.2, -0.15) is 0 Å². The molecular weight excluding hydrogens is 299 g/mol. The van der Waals surface area contributed by atoms with Gasteiger partial charge in [0.25, 0.3) is 0 Å². The Kier molecular flexibility index (Phi) is 4.73. The number of hydrogen-bond donors (Lipinski definition) is 1. The minimum absolute atomic E-state index is 0.125. The van der Waals surface area contributed by atoms with E-state index in [1.807, 2.05) is 16.7 Å². The normalized spacial score (nSPS) is 10.8. The van der Waals surface area contributed by atoms with Crippen molar-refractivity contribution in [3.8, 4) is 0 Å². The summed E-state index contributed by atoms with van der Waals surface area (Å²) in [5.74, 6) is 1.04. The zero-order chi connectivity index (χ0) is 14.7. The van der Waals surface area contributed by atoms with Gasteiger partial charge < -0.3 is 14.8 Å². The van der Waals surface area contributed by atoms with Gasteiger partial charge >= 0.3 is 6.03 Å². The molecule has 1 heterocycles. The lowest BCUT2D eigenvalue weighted by atomic mass is 10.3. The maximum absolute atomic E-state index is 11.5. The molecule has 1 aromatic heterocycles. The molecule has 0 saturated carbocycles. The molecule has 0 aliphatic carbocycles. The fourth-order valence-electron chi connectivity index (χ4n) is 1.95. The molecule has 7 heteroatoms. The highest BCUT2D eigenvalue weighted by Gasteiger charge is 2.12. The van der Waals surface area contributed by atoms with Crippen LogP contribution in [0.3, 0.4) is 0 Å². The number of nitrogens with zero attached hydrogens (tertiary/aromatic N) is 3. The highest BCUT2D eigenvalue weighted by atomic mass is 35.5. The van der Waals surface area contributed by atoms with Crippen molar-refractivity contribution >= 4 is 40.3 Å². The zero-order valence-electron chi connectivity index (χ0n) is 11.4. The summed E-state index contributed by atoms with van der Waals surface area (Å²) in [6.45, 7) is 1.09. The van der Waals surface area contributed by atoms with Crippen LogP contribution in [0.15, 0.2) is 18.2 Å². The third-order valence-electron chi connectivity index (χ3n) is 2.95. The second kappa shape index (κ2) is 6.33. The molecule has 2 rings (SSSR count). The molecular formula is C13H16Cl2N4O. The topological polar surface area (TPSA) is 50.2 Å². The highest BCUT2D eigenvalue weighted by molar-refractivity contribution is 6.35. The maximum Gasteiger partial charge on any atom is 0.316 e.